The molecule has 0 aromatic heterocycles. The van der Waals surface area contributed by atoms with Crippen LogP contribution >= 0.6 is 0 Å². The lowest BCUT2D eigenvalue weighted by Crippen LogP contribution is -2.26. The molecule has 0 aliphatic rings. The minimum atomic E-state index is -0.466. The largest absolute Gasteiger partial charge is 0.394 e. The molecular formula is C13H17FN2O. The number of halogens is 1. The summed E-state index contributed by atoms with van der Waals surface area (Å²) in [6.45, 7) is 4.04. The highest BCUT2D eigenvalue weighted by Gasteiger charge is 2.12. The highest BCUT2D eigenvalue weighted by molar-refractivity contribution is 5.49. The minimum absolute atomic E-state index is 0.0440. The second kappa shape index (κ2) is 6.21. The molecule has 0 heterocycles. The normalized spacial score (nSPS) is 12.2. The van der Waals surface area contributed by atoms with Crippen molar-refractivity contribution >= 4 is 5.69 Å². The number of nitrogens with zero attached hydrogens (tertiary/aromatic N) is 1. The Balaban J connectivity index is 2.76. The molecule has 0 amide bonds. The fraction of sp³-hybridized carbons (Fsp3) is 0.462. The molecule has 1 aromatic carbocycles. The van der Waals surface area contributed by atoms with Crippen molar-refractivity contribution in [1.82, 2.24) is 0 Å². The molecule has 1 atom stereocenters. The van der Waals surface area contributed by atoms with Gasteiger partial charge in [-0.3, -0.25) is 0 Å². The van der Waals surface area contributed by atoms with E-state index in [1.54, 1.807) is 6.07 Å². The number of rotatable bonds is 5. The van der Waals surface area contributed by atoms with E-state index in [0.29, 0.717) is 11.6 Å². The van der Waals surface area contributed by atoms with Gasteiger partial charge >= 0.3 is 0 Å². The molecule has 0 aliphatic carbocycles. The third-order valence-electron chi connectivity index (χ3n) is 2.43. The van der Waals surface area contributed by atoms with Crippen LogP contribution in [0.5, 0.6) is 0 Å². The quantitative estimate of drug-likeness (QED) is 0.826. The average molecular weight is 236 g/mol. The smallest absolute Gasteiger partial charge is 0.147 e. The molecule has 0 saturated carbocycles. The van der Waals surface area contributed by atoms with Crippen molar-refractivity contribution < 1.29 is 9.50 Å². The van der Waals surface area contributed by atoms with Crippen LogP contribution in [0.1, 0.15) is 25.8 Å². The molecule has 1 rings (SSSR count). The Morgan fingerprint density at radius 3 is 2.65 bits per heavy atom. The number of nitriles is 1. The van der Waals surface area contributed by atoms with E-state index in [-0.39, 0.29) is 18.2 Å². The summed E-state index contributed by atoms with van der Waals surface area (Å²) in [5, 5.41) is 20.8. The fourth-order valence-electron chi connectivity index (χ4n) is 1.67. The molecule has 0 fully saturated rings. The summed E-state index contributed by atoms with van der Waals surface area (Å²) < 4.78 is 13.6. The third-order valence-corrected chi connectivity index (χ3v) is 2.43. The van der Waals surface area contributed by atoms with E-state index in [4.69, 9.17) is 5.26 Å². The molecule has 17 heavy (non-hydrogen) atoms. The molecule has 0 bridgehead atoms. The zero-order valence-electron chi connectivity index (χ0n) is 10.1. The number of anilines is 1. The van der Waals surface area contributed by atoms with Gasteiger partial charge in [0.2, 0.25) is 0 Å². The second-order valence-electron chi connectivity index (χ2n) is 4.46. The maximum absolute atomic E-state index is 13.6. The van der Waals surface area contributed by atoms with Crippen molar-refractivity contribution in [3.8, 4) is 6.07 Å². The number of aliphatic hydroxyl groups is 1. The molecule has 2 N–H and O–H groups in total. The van der Waals surface area contributed by atoms with Gasteiger partial charge in [0.25, 0.3) is 0 Å². The topological polar surface area (TPSA) is 56.0 Å². The molecule has 4 heteroatoms. The van der Waals surface area contributed by atoms with E-state index < -0.39 is 5.82 Å². The zero-order valence-corrected chi connectivity index (χ0v) is 10.1. The van der Waals surface area contributed by atoms with Crippen LogP contribution < -0.4 is 5.32 Å². The summed E-state index contributed by atoms with van der Waals surface area (Å²) in [4.78, 5) is 0. The molecule has 92 valence electrons. The molecule has 1 unspecified atom stereocenters. The Morgan fingerprint density at radius 1 is 1.47 bits per heavy atom. The van der Waals surface area contributed by atoms with Crippen molar-refractivity contribution in [2.24, 2.45) is 5.92 Å². The Bertz CT molecular complexity index is 412. The van der Waals surface area contributed by atoms with Gasteiger partial charge in [-0.05, 0) is 30.5 Å². The molecular weight excluding hydrogens is 219 g/mol. The van der Waals surface area contributed by atoms with E-state index >= 15 is 0 Å². The molecule has 3 nitrogen and oxygen atoms in total. The molecule has 0 radical (unpaired) electrons. The lowest BCUT2D eigenvalue weighted by Gasteiger charge is -2.19. The van der Waals surface area contributed by atoms with Crippen LogP contribution in [-0.4, -0.2) is 17.8 Å². The minimum Gasteiger partial charge on any atom is -0.394 e. The first kappa shape index (κ1) is 13.5. The van der Waals surface area contributed by atoms with Gasteiger partial charge in [-0.25, -0.2) is 4.39 Å². The maximum Gasteiger partial charge on any atom is 0.147 e. The Labute approximate surface area is 101 Å². The first-order valence-corrected chi connectivity index (χ1v) is 5.63. The predicted octanol–water partition coefficient (Wildman–Crippen LogP) is 2.52. The molecule has 1 aromatic rings. The number of hydrogen-bond donors (Lipinski definition) is 2. The Kier molecular flexibility index (Phi) is 4.92. The van der Waals surface area contributed by atoms with Crippen LogP contribution in [0.4, 0.5) is 10.1 Å². The van der Waals surface area contributed by atoms with Gasteiger partial charge in [0.15, 0.2) is 0 Å². The summed E-state index contributed by atoms with van der Waals surface area (Å²) in [7, 11) is 0. The summed E-state index contributed by atoms with van der Waals surface area (Å²) in [5.74, 6) is -0.0488. The first-order valence-electron chi connectivity index (χ1n) is 5.63. The van der Waals surface area contributed by atoms with Crippen LogP contribution in [0.2, 0.25) is 0 Å². The summed E-state index contributed by atoms with van der Waals surface area (Å²) in [5.41, 5.74) is 0.612. The van der Waals surface area contributed by atoms with Crippen molar-refractivity contribution in [2.45, 2.75) is 26.3 Å². The average Bonchev–Trinajstić information content (AvgIpc) is 2.29. The van der Waals surface area contributed by atoms with Gasteiger partial charge < -0.3 is 10.4 Å². The van der Waals surface area contributed by atoms with Crippen LogP contribution in [-0.2, 0) is 0 Å². The van der Waals surface area contributed by atoms with E-state index in [2.05, 4.69) is 5.32 Å². The monoisotopic (exact) mass is 236 g/mol. The maximum atomic E-state index is 13.6. The van der Waals surface area contributed by atoms with Crippen LogP contribution in [0, 0.1) is 23.1 Å². The van der Waals surface area contributed by atoms with Crippen molar-refractivity contribution in [3.05, 3.63) is 29.6 Å². The van der Waals surface area contributed by atoms with E-state index in [1.807, 2.05) is 19.9 Å². The van der Waals surface area contributed by atoms with Crippen molar-refractivity contribution in [2.75, 3.05) is 11.9 Å². The van der Waals surface area contributed by atoms with Crippen LogP contribution in [0.15, 0.2) is 18.2 Å². The summed E-state index contributed by atoms with van der Waals surface area (Å²) in [6.07, 6.45) is 0.760. The van der Waals surface area contributed by atoms with E-state index in [1.165, 1.54) is 12.1 Å². The van der Waals surface area contributed by atoms with Gasteiger partial charge in [-0.15, -0.1) is 0 Å². The van der Waals surface area contributed by atoms with Crippen molar-refractivity contribution in [3.63, 3.8) is 0 Å². The van der Waals surface area contributed by atoms with Crippen LogP contribution in [0.3, 0.4) is 0 Å². The number of nitrogens with one attached hydrogen (secondary N) is 1. The van der Waals surface area contributed by atoms with Gasteiger partial charge in [0.05, 0.1) is 23.9 Å². The lowest BCUT2D eigenvalue weighted by atomic mass is 10.0. The third kappa shape index (κ3) is 4.04. The highest BCUT2D eigenvalue weighted by atomic mass is 19.1. The van der Waals surface area contributed by atoms with Gasteiger partial charge in [-0.2, -0.15) is 5.26 Å². The Hall–Kier alpha value is -1.60. The molecule has 0 saturated heterocycles. The Morgan fingerprint density at radius 2 is 2.18 bits per heavy atom. The number of aliphatic hydroxyl groups excluding tert-OH is 1. The van der Waals surface area contributed by atoms with Crippen LogP contribution in [0.25, 0.3) is 0 Å². The lowest BCUT2D eigenvalue weighted by molar-refractivity contribution is 0.259. The fourth-order valence-corrected chi connectivity index (χ4v) is 1.67. The molecule has 0 aliphatic heterocycles. The summed E-state index contributed by atoms with van der Waals surface area (Å²) in [6, 6.07) is 5.97. The highest BCUT2D eigenvalue weighted by Crippen LogP contribution is 2.18. The van der Waals surface area contributed by atoms with Crippen molar-refractivity contribution in [1.29, 1.82) is 5.26 Å². The first-order chi connectivity index (χ1) is 8.06. The molecule has 0 spiro atoms. The predicted molar refractivity (Wildman–Crippen MR) is 65.1 cm³/mol. The SMILES string of the molecule is CC(C)CC(CO)Nc1ccc(C#N)cc1F. The van der Waals surface area contributed by atoms with Gasteiger partial charge in [0, 0.05) is 6.04 Å². The summed E-state index contributed by atoms with van der Waals surface area (Å²) >= 11 is 0. The zero-order chi connectivity index (χ0) is 12.8. The number of hydrogen-bond acceptors (Lipinski definition) is 3. The second-order valence-corrected chi connectivity index (χ2v) is 4.46. The van der Waals surface area contributed by atoms with Gasteiger partial charge in [0.1, 0.15) is 5.82 Å². The van der Waals surface area contributed by atoms with E-state index in [9.17, 15) is 9.50 Å². The van der Waals surface area contributed by atoms with E-state index in [0.717, 1.165) is 6.42 Å². The van der Waals surface area contributed by atoms with Gasteiger partial charge in [-0.1, -0.05) is 13.8 Å². The number of benzene rings is 1. The standard InChI is InChI=1S/C13H17FN2O/c1-9(2)5-11(8-17)16-13-4-3-10(7-15)6-12(13)14/h3-4,6,9,11,16-17H,5,8H2,1-2H3.